The van der Waals surface area contributed by atoms with E-state index in [1.807, 2.05) is 6.07 Å². The Balaban J connectivity index is 2.19. The maximum Gasteiger partial charge on any atom is 0.273 e. The van der Waals surface area contributed by atoms with Crippen LogP contribution in [0.15, 0.2) is 60.3 Å². The fourth-order valence-corrected chi connectivity index (χ4v) is 2.03. The lowest BCUT2D eigenvalue weighted by atomic mass is 10.1. The molecule has 0 bridgehead atoms. The lowest BCUT2D eigenvalue weighted by molar-refractivity contribution is -0.384. The van der Waals surface area contributed by atoms with E-state index in [0.29, 0.717) is 22.7 Å². The van der Waals surface area contributed by atoms with Gasteiger partial charge in [0, 0.05) is 23.4 Å². The molecule has 0 aromatic heterocycles. The number of ether oxygens (including phenoxy) is 1. The van der Waals surface area contributed by atoms with E-state index in [1.165, 1.54) is 25.3 Å². The third-order valence-electron chi connectivity index (χ3n) is 3.13. The lowest BCUT2D eigenvalue weighted by Gasteiger charge is -2.11. The Morgan fingerprint density at radius 3 is 2.52 bits per heavy atom. The first-order chi connectivity index (χ1) is 11.0. The van der Waals surface area contributed by atoms with E-state index in [-0.39, 0.29) is 11.5 Å². The van der Waals surface area contributed by atoms with Gasteiger partial charge in [0.25, 0.3) is 5.69 Å². The first-order valence-corrected chi connectivity index (χ1v) is 6.88. The molecule has 0 saturated heterocycles. The molecule has 0 saturated carbocycles. The zero-order valence-corrected chi connectivity index (χ0v) is 12.8. The van der Waals surface area contributed by atoms with Crippen LogP contribution in [-0.2, 0) is 0 Å². The van der Waals surface area contributed by atoms with E-state index >= 15 is 0 Å². The van der Waals surface area contributed by atoms with Crippen molar-refractivity contribution >= 4 is 17.2 Å². The summed E-state index contributed by atoms with van der Waals surface area (Å²) >= 11 is 0. The Morgan fingerprint density at radius 2 is 1.91 bits per heavy atom. The predicted octanol–water partition coefficient (Wildman–Crippen LogP) is 3.80. The van der Waals surface area contributed by atoms with Crippen LogP contribution in [0, 0.1) is 10.1 Å². The molecule has 0 heterocycles. The molecule has 2 aromatic rings. The summed E-state index contributed by atoms with van der Waals surface area (Å²) in [5.41, 5.74) is 1.68. The summed E-state index contributed by atoms with van der Waals surface area (Å²) in [5, 5.41) is 13.8. The second-order valence-corrected chi connectivity index (χ2v) is 4.82. The number of nitro groups is 1. The average Bonchev–Trinajstić information content (AvgIpc) is 2.55. The molecule has 1 N–H and O–H groups in total. The van der Waals surface area contributed by atoms with Gasteiger partial charge < -0.3 is 10.1 Å². The Kier molecular flexibility index (Phi) is 5.09. The van der Waals surface area contributed by atoms with Gasteiger partial charge in [-0.25, -0.2) is 0 Å². The molecule has 0 spiro atoms. The predicted molar refractivity (Wildman–Crippen MR) is 87.8 cm³/mol. The number of carbonyl (C=O) groups excluding carboxylic acids is 1. The molecule has 0 atom stereocenters. The Hall–Kier alpha value is -3.15. The summed E-state index contributed by atoms with van der Waals surface area (Å²) in [6.45, 7) is 1.74. The number of nitrogens with zero attached hydrogens (tertiary/aromatic N) is 1. The molecule has 6 heteroatoms. The van der Waals surface area contributed by atoms with Gasteiger partial charge in [0.05, 0.1) is 23.8 Å². The zero-order valence-electron chi connectivity index (χ0n) is 12.8. The van der Waals surface area contributed by atoms with Crippen LogP contribution in [0.3, 0.4) is 0 Å². The van der Waals surface area contributed by atoms with Gasteiger partial charge in [-0.3, -0.25) is 14.9 Å². The van der Waals surface area contributed by atoms with Crippen molar-refractivity contribution in [1.29, 1.82) is 0 Å². The second kappa shape index (κ2) is 7.22. The molecule has 0 aliphatic rings. The Morgan fingerprint density at radius 1 is 1.22 bits per heavy atom. The van der Waals surface area contributed by atoms with E-state index in [9.17, 15) is 14.9 Å². The van der Waals surface area contributed by atoms with Crippen LogP contribution < -0.4 is 10.1 Å². The summed E-state index contributed by atoms with van der Waals surface area (Å²) in [7, 11) is 1.43. The SMILES string of the molecule is COc1cc([N+](=O)[O-])ccc1N/C(C)=C/C(=O)c1ccccc1. The molecule has 118 valence electrons. The van der Waals surface area contributed by atoms with Gasteiger partial charge >= 0.3 is 0 Å². The molecule has 23 heavy (non-hydrogen) atoms. The number of nitrogens with one attached hydrogen (secondary N) is 1. The van der Waals surface area contributed by atoms with Gasteiger partial charge in [0.15, 0.2) is 5.78 Å². The first-order valence-electron chi connectivity index (χ1n) is 6.88. The van der Waals surface area contributed by atoms with E-state index in [2.05, 4.69) is 5.32 Å². The van der Waals surface area contributed by atoms with E-state index in [0.717, 1.165) is 0 Å². The average molecular weight is 312 g/mol. The maximum absolute atomic E-state index is 12.1. The molecule has 2 aromatic carbocycles. The van der Waals surface area contributed by atoms with E-state index in [1.54, 1.807) is 37.3 Å². The number of hydrogen-bond donors (Lipinski definition) is 1. The van der Waals surface area contributed by atoms with Crippen molar-refractivity contribution in [2.24, 2.45) is 0 Å². The third kappa shape index (κ3) is 4.16. The number of carbonyl (C=O) groups is 1. The number of methoxy groups -OCH3 is 1. The molecule has 0 aliphatic heterocycles. The van der Waals surface area contributed by atoms with Gasteiger partial charge in [0.2, 0.25) is 0 Å². The largest absolute Gasteiger partial charge is 0.494 e. The number of non-ortho nitro benzene ring substituents is 1. The topological polar surface area (TPSA) is 81.5 Å². The minimum absolute atomic E-state index is 0.0607. The monoisotopic (exact) mass is 312 g/mol. The van der Waals surface area contributed by atoms with Crippen molar-refractivity contribution < 1.29 is 14.5 Å². The molecule has 0 unspecified atom stereocenters. The number of allylic oxidation sites excluding steroid dienone is 2. The number of benzene rings is 2. The minimum Gasteiger partial charge on any atom is -0.494 e. The van der Waals surface area contributed by atoms with Crippen LogP contribution in [0.1, 0.15) is 17.3 Å². The highest BCUT2D eigenvalue weighted by Crippen LogP contribution is 2.29. The number of hydrogen-bond acceptors (Lipinski definition) is 5. The number of rotatable bonds is 6. The molecule has 6 nitrogen and oxygen atoms in total. The van der Waals surface area contributed by atoms with Gasteiger partial charge in [-0.1, -0.05) is 30.3 Å². The number of anilines is 1. The van der Waals surface area contributed by atoms with Crippen molar-refractivity contribution in [1.82, 2.24) is 0 Å². The Labute approximate surface area is 133 Å². The number of ketones is 1. The van der Waals surface area contributed by atoms with Gasteiger partial charge in [-0.05, 0) is 13.0 Å². The van der Waals surface area contributed by atoms with Gasteiger partial charge in [0.1, 0.15) is 5.75 Å². The van der Waals surface area contributed by atoms with Crippen LogP contribution in [0.4, 0.5) is 11.4 Å². The second-order valence-electron chi connectivity index (χ2n) is 4.82. The first kappa shape index (κ1) is 16.2. The molecule has 2 rings (SSSR count). The quantitative estimate of drug-likeness (QED) is 0.380. The molecular formula is C17H16N2O4. The molecule has 0 fully saturated rings. The molecule has 0 aliphatic carbocycles. The lowest BCUT2D eigenvalue weighted by Crippen LogP contribution is -2.03. The van der Waals surface area contributed by atoms with Crippen molar-refractivity contribution in [2.75, 3.05) is 12.4 Å². The molecule has 0 amide bonds. The fourth-order valence-electron chi connectivity index (χ4n) is 2.03. The summed E-state index contributed by atoms with van der Waals surface area (Å²) in [6.07, 6.45) is 1.47. The zero-order chi connectivity index (χ0) is 16.8. The van der Waals surface area contributed by atoms with Crippen LogP contribution in [0.25, 0.3) is 0 Å². The summed E-state index contributed by atoms with van der Waals surface area (Å²) < 4.78 is 5.15. The van der Waals surface area contributed by atoms with Gasteiger partial charge in [-0.15, -0.1) is 0 Å². The maximum atomic E-state index is 12.1. The normalized spacial score (nSPS) is 11.0. The minimum atomic E-state index is -0.492. The smallest absolute Gasteiger partial charge is 0.273 e. The highest BCUT2D eigenvalue weighted by Gasteiger charge is 2.11. The van der Waals surface area contributed by atoms with Crippen molar-refractivity contribution in [3.63, 3.8) is 0 Å². The third-order valence-corrected chi connectivity index (χ3v) is 3.13. The van der Waals surface area contributed by atoms with Gasteiger partial charge in [-0.2, -0.15) is 0 Å². The number of nitro benzene ring substituents is 1. The van der Waals surface area contributed by atoms with E-state index < -0.39 is 4.92 Å². The highest BCUT2D eigenvalue weighted by molar-refractivity contribution is 6.05. The summed E-state index contributed by atoms with van der Waals surface area (Å²) in [5.74, 6) is 0.204. The van der Waals surface area contributed by atoms with Crippen LogP contribution in [-0.4, -0.2) is 17.8 Å². The van der Waals surface area contributed by atoms with Crippen LogP contribution in [0.5, 0.6) is 5.75 Å². The van der Waals surface area contributed by atoms with Crippen molar-refractivity contribution in [3.8, 4) is 5.75 Å². The Bertz CT molecular complexity index is 754. The highest BCUT2D eigenvalue weighted by atomic mass is 16.6. The standard InChI is InChI=1S/C17H16N2O4/c1-12(10-16(20)13-6-4-3-5-7-13)18-15-9-8-14(19(21)22)11-17(15)23-2/h3-11,18H,1-2H3/b12-10+. The van der Waals surface area contributed by atoms with Crippen molar-refractivity contribution in [3.05, 3.63) is 76.0 Å². The van der Waals surface area contributed by atoms with Crippen LogP contribution >= 0.6 is 0 Å². The molecular weight excluding hydrogens is 296 g/mol. The van der Waals surface area contributed by atoms with E-state index in [4.69, 9.17) is 4.74 Å². The summed E-state index contributed by atoms with van der Waals surface area (Å²) in [6, 6.07) is 13.1. The molecule has 0 radical (unpaired) electrons. The summed E-state index contributed by atoms with van der Waals surface area (Å²) in [4.78, 5) is 22.4. The van der Waals surface area contributed by atoms with Crippen LogP contribution in [0.2, 0.25) is 0 Å². The van der Waals surface area contributed by atoms with Crippen molar-refractivity contribution in [2.45, 2.75) is 6.92 Å². The fraction of sp³-hybridized carbons (Fsp3) is 0.118.